The van der Waals surface area contributed by atoms with Gasteiger partial charge in [0.1, 0.15) is 11.4 Å². The molecule has 164 valence electrons. The molecule has 1 unspecified atom stereocenters. The first-order chi connectivity index (χ1) is 15.3. The highest BCUT2D eigenvalue weighted by molar-refractivity contribution is 6.33. The van der Waals surface area contributed by atoms with Gasteiger partial charge in [-0.05, 0) is 29.8 Å². The van der Waals surface area contributed by atoms with Crippen molar-refractivity contribution < 1.29 is 24.2 Å². The number of fused-ring (bicyclic) bond motifs is 1. The van der Waals surface area contributed by atoms with Gasteiger partial charge >= 0.3 is 5.97 Å². The van der Waals surface area contributed by atoms with Gasteiger partial charge in [-0.2, -0.15) is 0 Å². The number of nitrogens with zero attached hydrogens (tertiary/aromatic N) is 2. The Morgan fingerprint density at radius 1 is 1.09 bits per heavy atom. The van der Waals surface area contributed by atoms with Gasteiger partial charge in [-0.3, -0.25) is 9.69 Å². The first-order valence-corrected chi connectivity index (χ1v) is 10.3. The van der Waals surface area contributed by atoms with Crippen molar-refractivity contribution in [2.45, 2.75) is 12.3 Å². The van der Waals surface area contributed by atoms with E-state index >= 15 is 0 Å². The van der Waals surface area contributed by atoms with Crippen molar-refractivity contribution in [3.63, 3.8) is 0 Å². The summed E-state index contributed by atoms with van der Waals surface area (Å²) in [6.45, 7) is 0.0186. The highest BCUT2D eigenvalue weighted by Crippen LogP contribution is 2.47. The van der Waals surface area contributed by atoms with Crippen LogP contribution in [-0.2, 0) is 17.0 Å². The fourth-order valence-electron chi connectivity index (χ4n) is 3.74. The second kappa shape index (κ2) is 8.43. The van der Waals surface area contributed by atoms with Crippen LogP contribution in [0.4, 0.5) is 0 Å². The number of carbonyl (C=O) groups excluding carboxylic acids is 2. The van der Waals surface area contributed by atoms with Crippen LogP contribution in [0.1, 0.15) is 37.7 Å². The van der Waals surface area contributed by atoms with Crippen LogP contribution < -0.4 is 4.74 Å². The number of halogens is 2. The van der Waals surface area contributed by atoms with Crippen LogP contribution in [-0.4, -0.2) is 41.1 Å². The molecule has 2 heterocycles. The smallest absolute Gasteiger partial charge is 0.356 e. The molecule has 2 aromatic carbocycles. The Bertz CT molecular complexity index is 1220. The minimum absolute atomic E-state index is 0.0107. The standard InChI is InChI=1S/C23H18Cl2N2O5/c1-31-14-9-7-13(8-10-14)12-27-21(28)20-19(17(25)11-18(26-20)22(29)32-2)23(27,30)15-5-3-4-6-16(15)24/h3-11,30H,12H2,1-2H3. The third kappa shape index (κ3) is 3.48. The molecule has 9 heteroatoms. The van der Waals surface area contributed by atoms with Crippen LogP contribution in [0.3, 0.4) is 0 Å². The Hall–Kier alpha value is -3.13. The van der Waals surface area contributed by atoms with E-state index < -0.39 is 17.6 Å². The van der Waals surface area contributed by atoms with Gasteiger partial charge in [-0.15, -0.1) is 0 Å². The number of aliphatic hydroxyl groups is 1. The van der Waals surface area contributed by atoms with Crippen LogP contribution in [0.15, 0.2) is 54.6 Å². The van der Waals surface area contributed by atoms with E-state index in [-0.39, 0.29) is 39.1 Å². The van der Waals surface area contributed by atoms with E-state index in [1.165, 1.54) is 18.1 Å². The molecule has 1 amide bonds. The van der Waals surface area contributed by atoms with Gasteiger partial charge in [-0.25, -0.2) is 9.78 Å². The molecule has 1 aliphatic rings. The van der Waals surface area contributed by atoms with Gasteiger partial charge in [-0.1, -0.05) is 53.5 Å². The summed E-state index contributed by atoms with van der Waals surface area (Å²) in [4.78, 5) is 30.9. The third-order valence-corrected chi connectivity index (χ3v) is 5.93. The number of ether oxygens (including phenoxy) is 2. The lowest BCUT2D eigenvalue weighted by Gasteiger charge is -2.35. The van der Waals surface area contributed by atoms with E-state index in [4.69, 9.17) is 32.7 Å². The summed E-state index contributed by atoms with van der Waals surface area (Å²) in [5.41, 5.74) is -1.26. The van der Waals surface area contributed by atoms with Gasteiger partial charge in [0, 0.05) is 17.1 Å². The lowest BCUT2D eigenvalue weighted by molar-refractivity contribution is -0.0541. The molecule has 7 nitrogen and oxygen atoms in total. The zero-order valence-electron chi connectivity index (χ0n) is 17.1. The van der Waals surface area contributed by atoms with Crippen molar-refractivity contribution in [3.8, 4) is 5.75 Å². The average Bonchev–Trinajstić information content (AvgIpc) is 3.02. The van der Waals surface area contributed by atoms with E-state index in [2.05, 4.69) is 4.98 Å². The molecule has 3 aromatic rings. The molecular weight excluding hydrogens is 455 g/mol. The molecule has 0 aliphatic carbocycles. The molecule has 0 radical (unpaired) electrons. The number of hydrogen-bond acceptors (Lipinski definition) is 6. The molecule has 0 saturated carbocycles. The normalized spacial score (nSPS) is 17.3. The Morgan fingerprint density at radius 2 is 1.78 bits per heavy atom. The van der Waals surface area contributed by atoms with E-state index in [0.29, 0.717) is 5.75 Å². The van der Waals surface area contributed by atoms with Crippen LogP contribution in [0.5, 0.6) is 5.75 Å². The molecule has 0 spiro atoms. The number of hydrogen-bond donors (Lipinski definition) is 1. The van der Waals surface area contributed by atoms with Gasteiger partial charge in [0.15, 0.2) is 11.4 Å². The highest BCUT2D eigenvalue weighted by atomic mass is 35.5. The number of pyridine rings is 1. The largest absolute Gasteiger partial charge is 0.497 e. The molecule has 1 aromatic heterocycles. The SMILES string of the molecule is COC(=O)c1cc(Cl)c2c(n1)C(=O)N(Cc1ccc(OC)cc1)C2(O)c1ccccc1Cl. The van der Waals surface area contributed by atoms with Crippen LogP contribution in [0, 0.1) is 0 Å². The van der Waals surface area contributed by atoms with Crippen LogP contribution in [0.25, 0.3) is 0 Å². The Kier molecular flexibility index (Phi) is 5.81. The first-order valence-electron chi connectivity index (χ1n) is 9.52. The van der Waals surface area contributed by atoms with E-state index in [1.54, 1.807) is 55.6 Å². The van der Waals surface area contributed by atoms with Gasteiger partial charge in [0.05, 0.1) is 24.8 Å². The fraction of sp³-hybridized carbons (Fsp3) is 0.174. The topological polar surface area (TPSA) is 89.0 Å². The predicted molar refractivity (Wildman–Crippen MR) is 118 cm³/mol. The summed E-state index contributed by atoms with van der Waals surface area (Å²) in [5.74, 6) is -0.707. The number of benzene rings is 2. The Morgan fingerprint density at radius 3 is 2.41 bits per heavy atom. The van der Waals surface area contributed by atoms with Gasteiger partial charge in [0.2, 0.25) is 0 Å². The summed E-state index contributed by atoms with van der Waals surface area (Å²) in [5, 5.41) is 12.2. The van der Waals surface area contributed by atoms with Crippen molar-refractivity contribution >= 4 is 35.1 Å². The Labute approximate surface area is 194 Å². The maximum Gasteiger partial charge on any atom is 0.356 e. The van der Waals surface area contributed by atoms with Crippen molar-refractivity contribution in [1.82, 2.24) is 9.88 Å². The lowest BCUT2D eigenvalue weighted by Crippen LogP contribution is -2.44. The average molecular weight is 473 g/mol. The number of aromatic nitrogens is 1. The summed E-state index contributed by atoms with van der Waals surface area (Å²) < 4.78 is 9.89. The molecule has 32 heavy (non-hydrogen) atoms. The molecule has 4 rings (SSSR count). The first kappa shape index (κ1) is 22.1. The molecule has 0 saturated heterocycles. The van der Waals surface area contributed by atoms with Gasteiger partial charge < -0.3 is 14.6 Å². The summed E-state index contributed by atoms with van der Waals surface area (Å²) in [7, 11) is 2.75. The second-order valence-corrected chi connectivity index (χ2v) is 7.91. The fourth-order valence-corrected chi connectivity index (χ4v) is 4.34. The minimum atomic E-state index is -2.01. The van der Waals surface area contributed by atoms with Crippen LogP contribution >= 0.6 is 23.2 Å². The maximum absolute atomic E-state index is 13.5. The lowest BCUT2D eigenvalue weighted by atomic mass is 9.94. The second-order valence-electron chi connectivity index (χ2n) is 7.10. The predicted octanol–water partition coefficient (Wildman–Crippen LogP) is 4.03. The molecule has 0 fully saturated rings. The van der Waals surface area contributed by atoms with Crippen molar-refractivity contribution in [1.29, 1.82) is 0 Å². The zero-order valence-corrected chi connectivity index (χ0v) is 18.6. The number of amides is 1. The van der Waals surface area contributed by atoms with Crippen molar-refractivity contribution in [2.75, 3.05) is 14.2 Å². The number of carbonyl (C=O) groups is 2. The van der Waals surface area contributed by atoms with E-state index in [0.717, 1.165) is 5.56 Å². The summed E-state index contributed by atoms with van der Waals surface area (Å²) in [6, 6.07) is 14.9. The van der Waals surface area contributed by atoms with E-state index in [9.17, 15) is 14.7 Å². The summed E-state index contributed by atoms with van der Waals surface area (Å²) >= 11 is 12.9. The molecular formula is C23H18Cl2N2O5. The molecule has 1 atom stereocenters. The highest BCUT2D eigenvalue weighted by Gasteiger charge is 2.53. The number of esters is 1. The van der Waals surface area contributed by atoms with Crippen molar-refractivity contribution in [3.05, 3.63) is 92.7 Å². The Balaban J connectivity index is 1.91. The monoisotopic (exact) mass is 472 g/mol. The number of methoxy groups -OCH3 is 2. The third-order valence-electron chi connectivity index (χ3n) is 5.30. The molecule has 0 bridgehead atoms. The number of rotatable bonds is 5. The maximum atomic E-state index is 13.5. The summed E-state index contributed by atoms with van der Waals surface area (Å²) in [6.07, 6.45) is 0. The van der Waals surface area contributed by atoms with Crippen LogP contribution in [0.2, 0.25) is 10.0 Å². The molecule has 1 aliphatic heterocycles. The van der Waals surface area contributed by atoms with Gasteiger partial charge in [0.25, 0.3) is 5.91 Å². The minimum Gasteiger partial charge on any atom is -0.497 e. The molecule has 1 N–H and O–H groups in total. The van der Waals surface area contributed by atoms with Crippen molar-refractivity contribution in [2.24, 2.45) is 0 Å². The van der Waals surface area contributed by atoms with E-state index in [1.807, 2.05) is 0 Å². The zero-order chi connectivity index (χ0) is 23.0. The quantitative estimate of drug-likeness (QED) is 0.563.